The fourth-order valence-corrected chi connectivity index (χ4v) is 2.47. The summed E-state index contributed by atoms with van der Waals surface area (Å²) in [5, 5.41) is 0. The van der Waals surface area contributed by atoms with Gasteiger partial charge in [-0.2, -0.15) is 0 Å². The van der Waals surface area contributed by atoms with Crippen LogP contribution in [-0.4, -0.2) is 14.2 Å². The average Bonchev–Trinajstić information content (AvgIpc) is 2.47. The van der Waals surface area contributed by atoms with Gasteiger partial charge in [-0.05, 0) is 24.6 Å². The molecule has 0 aliphatic carbocycles. The number of rotatable bonds is 5. The molecule has 0 aromatic heterocycles. The summed E-state index contributed by atoms with van der Waals surface area (Å²) >= 11 is 0. The molecule has 4 heteroatoms. The molecule has 0 aliphatic heterocycles. The second-order valence-corrected chi connectivity index (χ2v) is 5.13. The first-order valence-electron chi connectivity index (χ1n) is 6.91. The Morgan fingerprint density at radius 2 is 1.90 bits per heavy atom. The topological polar surface area (TPSA) is 38.5 Å². The molecule has 0 unspecified atom stereocenters. The molecule has 1 atom stereocenters. The fraction of sp³-hybridized carbons (Fsp3) is 0.294. The maximum Gasteiger partial charge on any atom is 0.146 e. The van der Waals surface area contributed by atoms with Crippen molar-refractivity contribution >= 4 is 5.69 Å². The predicted octanol–water partition coefficient (Wildman–Crippen LogP) is 3.49. The van der Waals surface area contributed by atoms with Gasteiger partial charge in [0.1, 0.15) is 11.6 Å². The van der Waals surface area contributed by atoms with Gasteiger partial charge in [0.05, 0.1) is 12.8 Å². The van der Waals surface area contributed by atoms with Crippen LogP contribution in [0.4, 0.5) is 10.1 Å². The maximum atomic E-state index is 14.2. The summed E-state index contributed by atoms with van der Waals surface area (Å²) in [5.74, 6) is 0.533. The summed E-state index contributed by atoms with van der Waals surface area (Å²) in [4.78, 5) is 1.87. The quantitative estimate of drug-likeness (QED) is 0.915. The van der Waals surface area contributed by atoms with Crippen LogP contribution in [0.5, 0.6) is 5.75 Å². The molecule has 0 radical (unpaired) electrons. The number of nitrogens with two attached hydrogens (primary N) is 1. The van der Waals surface area contributed by atoms with Crippen LogP contribution < -0.4 is 15.4 Å². The molecule has 2 aromatic rings. The predicted molar refractivity (Wildman–Crippen MR) is 84.1 cm³/mol. The van der Waals surface area contributed by atoms with Gasteiger partial charge >= 0.3 is 0 Å². The zero-order valence-electron chi connectivity index (χ0n) is 12.6. The van der Waals surface area contributed by atoms with E-state index in [4.69, 9.17) is 10.5 Å². The highest BCUT2D eigenvalue weighted by atomic mass is 19.1. The van der Waals surface area contributed by atoms with Crippen LogP contribution in [-0.2, 0) is 6.54 Å². The zero-order chi connectivity index (χ0) is 15.4. The largest absolute Gasteiger partial charge is 0.496 e. The molecule has 2 rings (SSSR count). The van der Waals surface area contributed by atoms with Gasteiger partial charge in [0, 0.05) is 25.2 Å². The lowest BCUT2D eigenvalue weighted by molar-refractivity contribution is 0.409. The van der Waals surface area contributed by atoms with E-state index in [1.165, 1.54) is 6.07 Å². The van der Waals surface area contributed by atoms with Gasteiger partial charge in [-0.1, -0.05) is 30.3 Å². The summed E-state index contributed by atoms with van der Waals surface area (Å²) in [6, 6.07) is 12.5. The van der Waals surface area contributed by atoms with Gasteiger partial charge in [-0.15, -0.1) is 0 Å². The molecule has 0 saturated heterocycles. The normalized spacial score (nSPS) is 12.0. The number of methoxy groups -OCH3 is 1. The van der Waals surface area contributed by atoms with Gasteiger partial charge in [-0.25, -0.2) is 4.39 Å². The summed E-state index contributed by atoms with van der Waals surface area (Å²) < 4.78 is 19.6. The molecule has 2 N–H and O–H groups in total. The number of hydrogen-bond donors (Lipinski definition) is 1. The number of ether oxygens (including phenoxy) is 1. The van der Waals surface area contributed by atoms with Crippen molar-refractivity contribution in [1.29, 1.82) is 0 Å². The molecule has 2 aromatic carbocycles. The summed E-state index contributed by atoms with van der Waals surface area (Å²) in [7, 11) is 3.49. The van der Waals surface area contributed by atoms with Crippen molar-refractivity contribution in [3.05, 3.63) is 59.4 Å². The zero-order valence-corrected chi connectivity index (χ0v) is 12.6. The van der Waals surface area contributed by atoms with Gasteiger partial charge in [0.25, 0.3) is 0 Å². The first-order chi connectivity index (χ1) is 10.0. The van der Waals surface area contributed by atoms with E-state index < -0.39 is 0 Å². The highest BCUT2D eigenvalue weighted by molar-refractivity contribution is 5.56. The minimum atomic E-state index is -0.262. The Morgan fingerprint density at radius 1 is 1.19 bits per heavy atom. The van der Waals surface area contributed by atoms with Gasteiger partial charge in [0.2, 0.25) is 0 Å². The van der Waals surface area contributed by atoms with Crippen molar-refractivity contribution < 1.29 is 9.13 Å². The SMILES string of the molecule is COc1ccccc1CN(C)c1c(F)cccc1[C@H](C)N. The van der Waals surface area contributed by atoms with E-state index in [9.17, 15) is 4.39 Å². The Kier molecular flexibility index (Phi) is 4.81. The third-order valence-electron chi connectivity index (χ3n) is 3.49. The highest BCUT2D eigenvalue weighted by Crippen LogP contribution is 2.30. The first kappa shape index (κ1) is 15.3. The monoisotopic (exact) mass is 288 g/mol. The van der Waals surface area contributed by atoms with E-state index in [0.29, 0.717) is 12.2 Å². The number of benzene rings is 2. The van der Waals surface area contributed by atoms with Gasteiger partial charge in [-0.3, -0.25) is 0 Å². The van der Waals surface area contributed by atoms with Gasteiger partial charge < -0.3 is 15.4 Å². The molecule has 0 amide bonds. The fourth-order valence-electron chi connectivity index (χ4n) is 2.47. The summed E-state index contributed by atoms with van der Waals surface area (Å²) in [6.07, 6.45) is 0. The van der Waals surface area contributed by atoms with Gasteiger partial charge in [0.15, 0.2) is 0 Å². The molecule has 3 nitrogen and oxygen atoms in total. The van der Waals surface area contributed by atoms with E-state index in [0.717, 1.165) is 16.9 Å². The second kappa shape index (κ2) is 6.59. The van der Waals surface area contributed by atoms with Crippen molar-refractivity contribution in [3.8, 4) is 5.75 Å². The maximum absolute atomic E-state index is 14.2. The first-order valence-corrected chi connectivity index (χ1v) is 6.91. The van der Waals surface area contributed by atoms with Crippen molar-refractivity contribution in [3.63, 3.8) is 0 Å². The Bertz CT molecular complexity index is 613. The van der Waals surface area contributed by atoms with Crippen LogP contribution in [0.2, 0.25) is 0 Å². The van der Waals surface area contributed by atoms with Crippen molar-refractivity contribution in [2.75, 3.05) is 19.1 Å². The molecule has 0 aliphatic rings. The third-order valence-corrected chi connectivity index (χ3v) is 3.49. The lowest BCUT2D eigenvalue weighted by Gasteiger charge is -2.25. The second-order valence-electron chi connectivity index (χ2n) is 5.13. The molecule has 0 heterocycles. The van der Waals surface area contributed by atoms with Crippen LogP contribution >= 0.6 is 0 Å². The van der Waals surface area contributed by atoms with Crippen LogP contribution in [0.15, 0.2) is 42.5 Å². The molecule has 112 valence electrons. The Hall–Kier alpha value is -2.07. The molecule has 0 saturated carbocycles. The summed E-state index contributed by atoms with van der Waals surface area (Å²) in [6.45, 7) is 2.40. The number of hydrogen-bond acceptors (Lipinski definition) is 3. The third kappa shape index (κ3) is 3.34. The number of nitrogens with zero attached hydrogens (tertiary/aromatic N) is 1. The Balaban J connectivity index is 2.35. The smallest absolute Gasteiger partial charge is 0.146 e. The number of para-hydroxylation sites is 2. The lowest BCUT2D eigenvalue weighted by Crippen LogP contribution is -2.22. The minimum absolute atomic E-state index is 0.226. The van der Waals surface area contributed by atoms with Crippen LogP contribution in [0, 0.1) is 5.82 Å². The van der Waals surface area contributed by atoms with Crippen LogP contribution in [0.25, 0.3) is 0 Å². The molecule has 0 bridgehead atoms. The molecule has 0 spiro atoms. The molecular formula is C17H21FN2O. The van der Waals surface area contributed by atoms with E-state index in [2.05, 4.69) is 0 Å². The van der Waals surface area contributed by atoms with E-state index in [1.54, 1.807) is 13.2 Å². The minimum Gasteiger partial charge on any atom is -0.496 e. The average molecular weight is 288 g/mol. The van der Waals surface area contributed by atoms with E-state index >= 15 is 0 Å². The van der Waals surface area contributed by atoms with E-state index in [1.807, 2.05) is 49.2 Å². The molecular weight excluding hydrogens is 267 g/mol. The van der Waals surface area contributed by atoms with E-state index in [-0.39, 0.29) is 11.9 Å². The Morgan fingerprint density at radius 3 is 2.57 bits per heavy atom. The van der Waals surface area contributed by atoms with Crippen molar-refractivity contribution in [1.82, 2.24) is 0 Å². The molecule has 0 fully saturated rings. The number of halogens is 1. The summed E-state index contributed by atoms with van der Waals surface area (Å²) in [5.41, 5.74) is 8.29. The molecule has 21 heavy (non-hydrogen) atoms. The highest BCUT2D eigenvalue weighted by Gasteiger charge is 2.16. The van der Waals surface area contributed by atoms with Crippen molar-refractivity contribution in [2.45, 2.75) is 19.5 Å². The number of anilines is 1. The lowest BCUT2D eigenvalue weighted by atomic mass is 10.0. The van der Waals surface area contributed by atoms with Crippen LogP contribution in [0.1, 0.15) is 24.1 Å². The standard InChI is InChI=1S/C17H21FN2O/c1-12(19)14-8-6-9-15(18)17(14)20(2)11-13-7-4-5-10-16(13)21-3/h4-10,12H,11,19H2,1-3H3/t12-/m0/s1. The van der Waals surface area contributed by atoms with Crippen LogP contribution in [0.3, 0.4) is 0 Å². The van der Waals surface area contributed by atoms with Crippen molar-refractivity contribution in [2.24, 2.45) is 5.73 Å². The Labute approximate surface area is 125 Å².